The molecule has 0 aliphatic heterocycles. The van der Waals surface area contributed by atoms with Gasteiger partial charge in [-0.25, -0.2) is 8.42 Å². The number of benzene rings is 3. The van der Waals surface area contributed by atoms with Crippen molar-refractivity contribution in [2.45, 2.75) is 18.7 Å². The molecular formula is C27H31N3O6S. The molecule has 2 N–H and O–H groups in total. The first kappa shape index (κ1) is 27.5. The van der Waals surface area contributed by atoms with E-state index in [9.17, 15) is 18.0 Å². The molecule has 9 nitrogen and oxygen atoms in total. The molecule has 0 saturated carbocycles. The second-order valence-corrected chi connectivity index (χ2v) is 10.6. The van der Waals surface area contributed by atoms with E-state index in [1.165, 1.54) is 63.7 Å². The molecule has 0 saturated heterocycles. The molecule has 0 radical (unpaired) electrons. The molecule has 0 aromatic heterocycles. The molecule has 196 valence electrons. The Morgan fingerprint density at radius 2 is 1.54 bits per heavy atom. The zero-order valence-electron chi connectivity index (χ0n) is 21.4. The summed E-state index contributed by atoms with van der Waals surface area (Å²) >= 11 is 0. The predicted octanol–water partition coefficient (Wildman–Crippen LogP) is 4.17. The third-order valence-corrected chi connectivity index (χ3v) is 7.38. The van der Waals surface area contributed by atoms with Crippen molar-refractivity contribution in [3.63, 3.8) is 0 Å². The molecule has 0 atom stereocenters. The number of hydrogen-bond donors (Lipinski definition) is 2. The van der Waals surface area contributed by atoms with Crippen LogP contribution < -0.4 is 24.4 Å². The van der Waals surface area contributed by atoms with Crippen LogP contribution >= 0.6 is 0 Å². The first-order valence-corrected chi connectivity index (χ1v) is 13.0. The molecule has 10 heteroatoms. The summed E-state index contributed by atoms with van der Waals surface area (Å²) in [6.45, 7) is 4.50. The summed E-state index contributed by atoms with van der Waals surface area (Å²) in [5.74, 6) is 0.293. The normalized spacial score (nSPS) is 11.1. The highest BCUT2D eigenvalue weighted by Crippen LogP contribution is 2.31. The summed E-state index contributed by atoms with van der Waals surface area (Å²) in [7, 11) is 0.416. The molecular weight excluding hydrogens is 494 g/mol. The predicted molar refractivity (Wildman–Crippen MR) is 143 cm³/mol. The lowest BCUT2D eigenvalue weighted by Crippen LogP contribution is -2.28. The number of nitrogens with zero attached hydrogens (tertiary/aromatic N) is 1. The third kappa shape index (κ3) is 6.39. The molecule has 0 aliphatic carbocycles. The zero-order chi connectivity index (χ0) is 27.2. The third-order valence-electron chi connectivity index (χ3n) is 5.60. The Balaban J connectivity index is 1.77. The Hall–Kier alpha value is -4.05. The highest BCUT2D eigenvalue weighted by molar-refractivity contribution is 7.92. The van der Waals surface area contributed by atoms with Gasteiger partial charge in [0.05, 0.1) is 36.1 Å². The highest BCUT2D eigenvalue weighted by Gasteiger charge is 2.23. The van der Waals surface area contributed by atoms with E-state index in [2.05, 4.69) is 10.6 Å². The van der Waals surface area contributed by atoms with Gasteiger partial charge in [-0.3, -0.25) is 13.9 Å². The van der Waals surface area contributed by atoms with Crippen LogP contribution in [0.25, 0.3) is 0 Å². The van der Waals surface area contributed by atoms with Crippen molar-refractivity contribution in [2.75, 3.05) is 37.4 Å². The number of nitrogens with one attached hydrogen (secondary N) is 2. The maximum atomic E-state index is 13.2. The molecule has 0 bridgehead atoms. The largest absolute Gasteiger partial charge is 0.493 e. The summed E-state index contributed by atoms with van der Waals surface area (Å²) in [5.41, 5.74) is 1.40. The van der Waals surface area contributed by atoms with Gasteiger partial charge in [-0.15, -0.1) is 0 Å². The summed E-state index contributed by atoms with van der Waals surface area (Å²) < 4.78 is 37.8. The monoisotopic (exact) mass is 525 g/mol. The lowest BCUT2D eigenvalue weighted by molar-refractivity contribution is 0.0950. The fraction of sp³-hybridized carbons (Fsp3) is 0.259. The van der Waals surface area contributed by atoms with E-state index in [0.717, 1.165) is 4.31 Å². The van der Waals surface area contributed by atoms with Gasteiger partial charge in [0.1, 0.15) is 0 Å². The van der Waals surface area contributed by atoms with Crippen LogP contribution in [0.2, 0.25) is 0 Å². The minimum absolute atomic E-state index is 0.0295. The van der Waals surface area contributed by atoms with Crippen molar-refractivity contribution in [1.82, 2.24) is 5.32 Å². The Morgan fingerprint density at radius 1 is 0.892 bits per heavy atom. The Kier molecular flexibility index (Phi) is 8.77. The summed E-state index contributed by atoms with van der Waals surface area (Å²) in [4.78, 5) is 25.5. The van der Waals surface area contributed by atoms with Gasteiger partial charge >= 0.3 is 0 Å². The number of anilines is 2. The van der Waals surface area contributed by atoms with E-state index in [-0.39, 0.29) is 16.7 Å². The Labute approximate surface area is 217 Å². The topological polar surface area (TPSA) is 114 Å². The Morgan fingerprint density at radius 3 is 2.16 bits per heavy atom. The van der Waals surface area contributed by atoms with Crippen molar-refractivity contribution < 1.29 is 27.5 Å². The number of ether oxygens (including phenoxy) is 2. The average Bonchev–Trinajstić information content (AvgIpc) is 2.91. The van der Waals surface area contributed by atoms with Crippen molar-refractivity contribution in [3.8, 4) is 11.5 Å². The van der Waals surface area contributed by atoms with Gasteiger partial charge in [-0.1, -0.05) is 26.0 Å². The minimum atomic E-state index is -3.91. The number of methoxy groups -OCH3 is 2. The number of hydrogen-bond acceptors (Lipinski definition) is 6. The fourth-order valence-corrected chi connectivity index (χ4v) is 4.68. The van der Waals surface area contributed by atoms with E-state index >= 15 is 0 Å². The van der Waals surface area contributed by atoms with Gasteiger partial charge in [0, 0.05) is 25.2 Å². The number of sulfonamides is 1. The smallest absolute Gasteiger partial charge is 0.264 e. The van der Waals surface area contributed by atoms with E-state index in [0.29, 0.717) is 40.5 Å². The number of amides is 2. The van der Waals surface area contributed by atoms with Crippen LogP contribution in [0.1, 0.15) is 34.6 Å². The second kappa shape index (κ2) is 11.8. The van der Waals surface area contributed by atoms with Crippen LogP contribution in [0, 0.1) is 5.92 Å². The number of para-hydroxylation sites is 1. The SMILES string of the molecule is COc1ccc(S(=O)(=O)N(C)c2ccc(C(=O)Nc3ccccc3C(=O)NCC(C)C)cc2)cc1OC. The highest BCUT2D eigenvalue weighted by atomic mass is 32.2. The molecule has 0 fully saturated rings. The number of carbonyl (C=O) groups excluding carboxylic acids is 2. The molecule has 0 aliphatic rings. The molecule has 0 heterocycles. The van der Waals surface area contributed by atoms with Gasteiger partial charge in [0.15, 0.2) is 11.5 Å². The van der Waals surface area contributed by atoms with Crippen molar-refractivity contribution >= 4 is 33.2 Å². The lowest BCUT2D eigenvalue weighted by Gasteiger charge is -2.20. The van der Waals surface area contributed by atoms with Crippen LogP contribution in [0.15, 0.2) is 71.6 Å². The van der Waals surface area contributed by atoms with E-state index < -0.39 is 15.9 Å². The maximum Gasteiger partial charge on any atom is 0.264 e. The first-order chi connectivity index (χ1) is 17.6. The summed E-state index contributed by atoms with van der Waals surface area (Å²) in [5, 5.41) is 5.61. The molecule has 3 aromatic rings. The fourth-order valence-electron chi connectivity index (χ4n) is 3.47. The molecule has 2 amide bonds. The van der Waals surface area contributed by atoms with E-state index in [1.54, 1.807) is 24.3 Å². The first-order valence-electron chi connectivity index (χ1n) is 11.6. The second-order valence-electron chi connectivity index (χ2n) is 8.64. The quantitative estimate of drug-likeness (QED) is 0.411. The van der Waals surface area contributed by atoms with Crippen molar-refractivity contribution in [2.24, 2.45) is 5.92 Å². The van der Waals surface area contributed by atoms with Gasteiger partial charge in [-0.2, -0.15) is 0 Å². The van der Waals surface area contributed by atoms with E-state index in [1.807, 2.05) is 13.8 Å². The average molecular weight is 526 g/mol. The lowest BCUT2D eigenvalue weighted by atomic mass is 10.1. The van der Waals surface area contributed by atoms with Crippen LogP contribution in [0.4, 0.5) is 11.4 Å². The summed E-state index contributed by atoms with van der Waals surface area (Å²) in [6.07, 6.45) is 0. The van der Waals surface area contributed by atoms with Crippen LogP contribution in [0.3, 0.4) is 0 Å². The van der Waals surface area contributed by atoms with Crippen molar-refractivity contribution in [3.05, 3.63) is 77.9 Å². The van der Waals surface area contributed by atoms with E-state index in [4.69, 9.17) is 9.47 Å². The standard InChI is InChI=1S/C27H31N3O6S/c1-18(2)17-28-27(32)22-8-6-7-9-23(22)29-26(31)19-10-12-20(13-11-19)30(3)37(33,34)21-14-15-24(35-4)25(16-21)36-5/h6-16,18H,17H2,1-5H3,(H,28,32)(H,29,31). The zero-order valence-corrected chi connectivity index (χ0v) is 22.3. The van der Waals surface area contributed by atoms with Crippen LogP contribution in [-0.2, 0) is 10.0 Å². The number of carbonyl (C=O) groups is 2. The van der Waals surface area contributed by atoms with Gasteiger partial charge in [-0.05, 0) is 54.4 Å². The minimum Gasteiger partial charge on any atom is -0.493 e. The Bertz CT molecular complexity index is 1370. The van der Waals surface area contributed by atoms with Gasteiger partial charge in [0.2, 0.25) is 0 Å². The maximum absolute atomic E-state index is 13.2. The van der Waals surface area contributed by atoms with Gasteiger partial charge < -0.3 is 20.1 Å². The van der Waals surface area contributed by atoms with Crippen LogP contribution in [0.5, 0.6) is 11.5 Å². The molecule has 0 spiro atoms. The van der Waals surface area contributed by atoms with Crippen LogP contribution in [-0.4, -0.2) is 48.0 Å². The molecule has 3 rings (SSSR count). The molecule has 37 heavy (non-hydrogen) atoms. The van der Waals surface area contributed by atoms with Gasteiger partial charge in [0.25, 0.3) is 21.8 Å². The van der Waals surface area contributed by atoms with Crippen molar-refractivity contribution in [1.29, 1.82) is 0 Å². The summed E-state index contributed by atoms with van der Waals surface area (Å²) in [6, 6.07) is 17.2. The molecule has 0 unspecified atom stereocenters. The number of rotatable bonds is 10. The molecule has 3 aromatic carbocycles.